The first-order valence-electron chi connectivity index (χ1n) is 9.47. The zero-order valence-corrected chi connectivity index (χ0v) is 17.1. The Bertz CT molecular complexity index is 737. The summed E-state index contributed by atoms with van der Waals surface area (Å²) in [5.74, 6) is 0. The minimum absolute atomic E-state index is 0.231. The normalized spacial score (nSPS) is 11.3. The minimum Gasteiger partial charge on any atom is -0.281 e. The topological polar surface area (TPSA) is 17.1 Å². The molecule has 0 atom stereocenters. The van der Waals surface area contributed by atoms with Crippen LogP contribution in [-0.2, 0) is 4.79 Å². The molecule has 0 saturated heterocycles. The van der Waals surface area contributed by atoms with Crippen LogP contribution in [0, 0.1) is 0 Å². The lowest BCUT2D eigenvalue weighted by molar-refractivity contribution is -0.111. The van der Waals surface area contributed by atoms with Gasteiger partial charge in [0.25, 0.3) is 0 Å². The summed E-state index contributed by atoms with van der Waals surface area (Å²) < 4.78 is 0. The van der Waals surface area contributed by atoms with Crippen LogP contribution in [-0.4, -0.2) is 11.4 Å². The van der Waals surface area contributed by atoms with Gasteiger partial charge >= 0.3 is 0 Å². The van der Waals surface area contributed by atoms with Crippen LogP contribution < -0.4 is 15.9 Å². The van der Waals surface area contributed by atoms with Gasteiger partial charge in [-0.25, -0.2) is 0 Å². The van der Waals surface area contributed by atoms with Gasteiger partial charge in [-0.15, -0.1) is 0 Å². The first-order chi connectivity index (χ1) is 13.2. The second-order valence-corrected chi connectivity index (χ2v) is 10.7. The number of benzene rings is 3. The van der Waals surface area contributed by atoms with E-state index in [1.165, 1.54) is 15.9 Å². The van der Waals surface area contributed by atoms with E-state index in [1.54, 1.807) is 0 Å². The van der Waals surface area contributed by atoms with E-state index < -0.39 is 7.26 Å². The maximum absolute atomic E-state index is 11.0. The molecule has 0 unspecified atom stereocenters. The molecule has 3 aromatic rings. The van der Waals surface area contributed by atoms with Crippen LogP contribution in [0.2, 0.25) is 0 Å². The van der Waals surface area contributed by atoms with Gasteiger partial charge in [-0.2, -0.15) is 0 Å². The molecule has 0 aliphatic heterocycles. The van der Waals surface area contributed by atoms with Crippen LogP contribution in [0.15, 0.2) is 91.0 Å². The van der Waals surface area contributed by atoms with Crippen molar-refractivity contribution in [2.45, 2.75) is 25.7 Å². The first-order valence-corrected chi connectivity index (χ1v) is 11.8. The number of hydrogen-bond acceptors (Lipinski definition) is 1. The van der Waals surface area contributed by atoms with E-state index in [0.717, 1.165) is 25.4 Å². The zero-order valence-electron chi connectivity index (χ0n) is 15.4. The third kappa shape index (κ3) is 4.86. The Morgan fingerprint density at radius 3 is 1.41 bits per heavy atom. The summed E-state index contributed by atoms with van der Waals surface area (Å²) in [5, 5.41) is 4.01. The fourth-order valence-electron chi connectivity index (χ4n) is 3.67. The van der Waals surface area contributed by atoms with Crippen LogP contribution in [0.1, 0.15) is 25.7 Å². The van der Waals surface area contributed by atoms with E-state index in [1.807, 2.05) is 0 Å². The highest BCUT2D eigenvalue weighted by molar-refractivity contribution is 7.95. The molecule has 0 saturated carbocycles. The van der Waals surface area contributed by atoms with E-state index in [0.29, 0.717) is 6.42 Å². The van der Waals surface area contributed by atoms with Crippen molar-refractivity contribution in [1.82, 2.24) is 0 Å². The van der Waals surface area contributed by atoms with Crippen LogP contribution in [0.4, 0.5) is 0 Å². The second-order valence-electron chi connectivity index (χ2n) is 6.71. The van der Waals surface area contributed by atoms with Crippen molar-refractivity contribution in [1.29, 1.82) is 0 Å². The molecule has 0 radical (unpaired) electrons. The molecule has 0 heterocycles. The van der Waals surface area contributed by atoms with Crippen LogP contribution in [0.3, 0.4) is 0 Å². The maximum Gasteiger partial charge on any atom is 0.221 e. The van der Waals surface area contributed by atoms with E-state index in [2.05, 4.69) is 91.0 Å². The van der Waals surface area contributed by atoms with Gasteiger partial charge in [0.15, 0.2) is 0 Å². The molecule has 0 aliphatic rings. The van der Waals surface area contributed by atoms with Crippen LogP contribution in [0.25, 0.3) is 0 Å². The predicted molar refractivity (Wildman–Crippen MR) is 119 cm³/mol. The molecule has 3 heteroatoms. The SMILES string of the molecule is O=C(Cl)CCCCC[P+](c1ccccc1)(c1ccccc1)c1ccccc1. The quantitative estimate of drug-likeness (QED) is 0.273. The molecular formula is C24H25ClOP+. The summed E-state index contributed by atoms with van der Waals surface area (Å²) in [4.78, 5) is 11.0. The molecule has 3 rings (SSSR count). The van der Waals surface area contributed by atoms with Crippen molar-refractivity contribution >= 4 is 40.0 Å². The number of rotatable bonds is 9. The summed E-state index contributed by atoms with van der Waals surface area (Å²) in [5.41, 5.74) is 0. The Labute approximate surface area is 167 Å². The Morgan fingerprint density at radius 1 is 0.630 bits per heavy atom. The zero-order chi connectivity index (χ0) is 19.0. The lowest BCUT2D eigenvalue weighted by Crippen LogP contribution is -2.33. The molecule has 0 amide bonds. The second kappa shape index (κ2) is 9.83. The van der Waals surface area contributed by atoms with Gasteiger partial charge in [-0.05, 0) is 67.3 Å². The lowest BCUT2D eigenvalue weighted by Gasteiger charge is -2.27. The molecule has 0 N–H and O–H groups in total. The van der Waals surface area contributed by atoms with Crippen LogP contribution >= 0.6 is 18.9 Å². The van der Waals surface area contributed by atoms with Crippen molar-refractivity contribution in [3.8, 4) is 0 Å². The van der Waals surface area contributed by atoms with Gasteiger partial charge in [0.1, 0.15) is 23.2 Å². The summed E-state index contributed by atoms with van der Waals surface area (Å²) in [7, 11) is -1.74. The fraction of sp³-hybridized carbons (Fsp3) is 0.208. The number of hydrogen-bond donors (Lipinski definition) is 0. The summed E-state index contributed by atoms with van der Waals surface area (Å²) in [6.07, 6.45) is 4.53. The van der Waals surface area contributed by atoms with Crippen molar-refractivity contribution in [3.05, 3.63) is 91.0 Å². The largest absolute Gasteiger partial charge is 0.281 e. The molecule has 138 valence electrons. The molecule has 0 bridgehead atoms. The van der Waals surface area contributed by atoms with Crippen molar-refractivity contribution < 1.29 is 4.79 Å². The molecule has 0 aromatic heterocycles. The number of carbonyl (C=O) groups is 1. The van der Waals surface area contributed by atoms with Crippen molar-refractivity contribution in [3.63, 3.8) is 0 Å². The summed E-state index contributed by atoms with van der Waals surface area (Å²) in [6.45, 7) is 0. The van der Waals surface area contributed by atoms with Gasteiger partial charge in [0.2, 0.25) is 5.24 Å². The van der Waals surface area contributed by atoms with Gasteiger partial charge in [0.05, 0.1) is 6.16 Å². The van der Waals surface area contributed by atoms with E-state index >= 15 is 0 Å². The van der Waals surface area contributed by atoms with Gasteiger partial charge in [-0.1, -0.05) is 54.6 Å². The molecule has 1 nitrogen and oxygen atoms in total. The maximum atomic E-state index is 11.0. The predicted octanol–water partition coefficient (Wildman–Crippen LogP) is 5.31. The van der Waals surface area contributed by atoms with Gasteiger partial charge < -0.3 is 0 Å². The number of halogens is 1. The highest BCUT2D eigenvalue weighted by Crippen LogP contribution is 2.55. The summed E-state index contributed by atoms with van der Waals surface area (Å²) in [6, 6.07) is 32.7. The molecule has 0 fully saturated rings. The monoisotopic (exact) mass is 395 g/mol. The Kier molecular flexibility index (Phi) is 7.21. The lowest BCUT2D eigenvalue weighted by atomic mass is 10.2. The average Bonchev–Trinajstić information content (AvgIpc) is 2.73. The van der Waals surface area contributed by atoms with Gasteiger partial charge in [-0.3, -0.25) is 4.79 Å². The number of carbonyl (C=O) groups excluding carboxylic acids is 1. The van der Waals surface area contributed by atoms with Gasteiger partial charge in [0, 0.05) is 6.42 Å². The highest BCUT2D eigenvalue weighted by atomic mass is 35.5. The van der Waals surface area contributed by atoms with E-state index in [-0.39, 0.29) is 5.24 Å². The Balaban J connectivity index is 2.02. The molecule has 27 heavy (non-hydrogen) atoms. The van der Waals surface area contributed by atoms with Crippen molar-refractivity contribution in [2.75, 3.05) is 6.16 Å². The van der Waals surface area contributed by atoms with Crippen LogP contribution in [0.5, 0.6) is 0 Å². The third-order valence-electron chi connectivity index (χ3n) is 4.96. The highest BCUT2D eigenvalue weighted by Gasteiger charge is 2.44. The average molecular weight is 396 g/mol. The van der Waals surface area contributed by atoms with E-state index in [4.69, 9.17) is 11.6 Å². The Hall–Kier alpha value is -1.95. The molecule has 0 aliphatic carbocycles. The Morgan fingerprint density at radius 2 is 1.04 bits per heavy atom. The van der Waals surface area contributed by atoms with E-state index in [9.17, 15) is 4.79 Å². The number of unbranched alkanes of at least 4 members (excludes halogenated alkanes) is 2. The molecule has 3 aromatic carbocycles. The minimum atomic E-state index is -1.74. The first kappa shape index (κ1) is 19.8. The standard InChI is InChI=1S/C24H25ClOP/c25-24(26)19-11-4-12-20-27(21-13-5-1-6-14-21,22-15-7-2-8-16-22)23-17-9-3-10-18-23/h1-3,5-10,13-18H,4,11-12,19-20H2/q+1. The summed E-state index contributed by atoms with van der Waals surface area (Å²) >= 11 is 5.50. The molecular weight excluding hydrogens is 371 g/mol. The smallest absolute Gasteiger partial charge is 0.221 e. The fourth-order valence-corrected chi connectivity index (χ4v) is 8.22. The molecule has 0 spiro atoms. The third-order valence-corrected chi connectivity index (χ3v) is 9.67. The van der Waals surface area contributed by atoms with Crippen molar-refractivity contribution in [2.24, 2.45) is 0 Å².